The molecule has 11 nitrogen and oxygen atoms in total. The zero-order valence-corrected chi connectivity index (χ0v) is 25.0. The Kier molecular flexibility index (Phi) is 8.53. The van der Waals surface area contributed by atoms with E-state index in [0.717, 1.165) is 0 Å². The van der Waals surface area contributed by atoms with Gasteiger partial charge in [-0.25, -0.2) is 19.0 Å². The van der Waals surface area contributed by atoms with Crippen molar-refractivity contribution in [3.8, 4) is 0 Å². The van der Waals surface area contributed by atoms with E-state index in [0.29, 0.717) is 54.8 Å². The van der Waals surface area contributed by atoms with Gasteiger partial charge in [0.2, 0.25) is 0 Å². The SMILES string of the molecule is CCOC(=O)C1=C(CN2CCN3C(=O)N(CC(C)(C)C(=O)O)C[C@@H]3C2)NC(c2nccs2)=N[C@H]1c1ccc(F)cc1Cl. The van der Waals surface area contributed by atoms with E-state index in [1.165, 1.54) is 29.5 Å². The van der Waals surface area contributed by atoms with Crippen LogP contribution in [-0.4, -0.2) is 101 Å². The van der Waals surface area contributed by atoms with E-state index in [9.17, 15) is 23.9 Å². The lowest BCUT2D eigenvalue weighted by Crippen LogP contribution is -2.53. The number of carbonyl (C=O) groups is 3. The van der Waals surface area contributed by atoms with Crippen LogP contribution < -0.4 is 5.32 Å². The summed E-state index contributed by atoms with van der Waals surface area (Å²) in [5.41, 5.74) is 0.204. The second-order valence-corrected chi connectivity index (χ2v) is 12.4. The molecule has 2 saturated heterocycles. The van der Waals surface area contributed by atoms with Gasteiger partial charge in [-0.1, -0.05) is 17.7 Å². The van der Waals surface area contributed by atoms with Gasteiger partial charge in [0, 0.05) is 67.1 Å². The number of halogens is 2. The van der Waals surface area contributed by atoms with E-state index >= 15 is 0 Å². The van der Waals surface area contributed by atoms with Gasteiger partial charge in [0.1, 0.15) is 11.9 Å². The Labute approximate surface area is 251 Å². The Hall–Kier alpha value is -3.55. The number of aliphatic imine (C=N–C) groups is 1. The van der Waals surface area contributed by atoms with Gasteiger partial charge in [0.05, 0.1) is 23.6 Å². The van der Waals surface area contributed by atoms with Crippen LogP contribution in [0, 0.1) is 11.2 Å². The first-order valence-corrected chi connectivity index (χ1v) is 14.9. The summed E-state index contributed by atoms with van der Waals surface area (Å²) in [6.07, 6.45) is 1.65. The molecule has 5 rings (SSSR count). The van der Waals surface area contributed by atoms with Gasteiger partial charge < -0.3 is 25.0 Å². The molecule has 2 aromatic rings. The molecule has 1 aromatic carbocycles. The van der Waals surface area contributed by atoms with Crippen molar-refractivity contribution >= 4 is 46.7 Å². The number of aromatic nitrogens is 1. The number of nitrogens with one attached hydrogen (secondary N) is 1. The molecule has 0 aliphatic carbocycles. The van der Waals surface area contributed by atoms with E-state index in [1.54, 1.807) is 36.8 Å². The van der Waals surface area contributed by atoms with Crippen LogP contribution in [0.5, 0.6) is 0 Å². The number of piperazine rings is 1. The van der Waals surface area contributed by atoms with Crippen LogP contribution in [0.2, 0.25) is 5.02 Å². The molecule has 2 amide bonds. The topological polar surface area (TPSA) is 128 Å². The molecular formula is C28H32ClFN6O5S. The number of fused-ring (bicyclic) bond motifs is 1. The molecule has 42 heavy (non-hydrogen) atoms. The largest absolute Gasteiger partial charge is 0.481 e. The molecule has 0 spiro atoms. The molecule has 3 aliphatic heterocycles. The van der Waals surface area contributed by atoms with Crippen LogP contribution in [-0.2, 0) is 14.3 Å². The highest BCUT2D eigenvalue weighted by Gasteiger charge is 2.44. The number of hydrogen-bond acceptors (Lipinski definition) is 9. The Morgan fingerprint density at radius 2 is 2.07 bits per heavy atom. The molecule has 0 saturated carbocycles. The van der Waals surface area contributed by atoms with E-state index in [-0.39, 0.29) is 35.8 Å². The average molecular weight is 619 g/mol. The molecule has 4 heterocycles. The Bertz CT molecular complexity index is 1450. The van der Waals surface area contributed by atoms with Crippen molar-refractivity contribution in [3.63, 3.8) is 0 Å². The van der Waals surface area contributed by atoms with Crippen LogP contribution in [0.15, 0.2) is 46.0 Å². The molecule has 1 aromatic heterocycles. The number of esters is 1. The third-order valence-corrected chi connectivity index (χ3v) is 8.68. The number of carboxylic acid groups (broad SMARTS) is 1. The maximum absolute atomic E-state index is 14.0. The van der Waals surface area contributed by atoms with Crippen molar-refractivity contribution in [1.82, 2.24) is 25.0 Å². The molecule has 3 aliphatic rings. The number of amides is 2. The van der Waals surface area contributed by atoms with Gasteiger partial charge in [-0.3, -0.25) is 14.7 Å². The van der Waals surface area contributed by atoms with E-state index < -0.39 is 29.2 Å². The number of urea groups is 1. The lowest BCUT2D eigenvalue weighted by Gasteiger charge is -2.38. The van der Waals surface area contributed by atoms with E-state index in [4.69, 9.17) is 21.3 Å². The minimum absolute atomic E-state index is 0.113. The quantitative estimate of drug-likeness (QED) is 0.410. The summed E-state index contributed by atoms with van der Waals surface area (Å²) in [5.74, 6) is -1.58. The second kappa shape index (κ2) is 12.0. The van der Waals surface area contributed by atoms with Gasteiger partial charge in [0.15, 0.2) is 10.8 Å². The molecule has 2 fully saturated rings. The summed E-state index contributed by atoms with van der Waals surface area (Å²) in [6, 6.07) is 2.81. The molecule has 0 unspecified atom stereocenters. The summed E-state index contributed by atoms with van der Waals surface area (Å²) in [7, 11) is 0. The summed E-state index contributed by atoms with van der Waals surface area (Å²) in [5, 5.41) is 15.4. The van der Waals surface area contributed by atoms with Crippen molar-refractivity contribution in [3.05, 3.63) is 62.5 Å². The number of thiazole rings is 1. The molecule has 224 valence electrons. The van der Waals surface area contributed by atoms with Gasteiger partial charge in [-0.2, -0.15) is 0 Å². The highest BCUT2D eigenvalue weighted by molar-refractivity contribution is 7.11. The van der Waals surface area contributed by atoms with Crippen molar-refractivity contribution in [2.24, 2.45) is 10.4 Å². The second-order valence-electron chi connectivity index (χ2n) is 11.1. The summed E-state index contributed by atoms with van der Waals surface area (Å²) >= 11 is 7.85. The zero-order valence-electron chi connectivity index (χ0n) is 23.5. The third kappa shape index (κ3) is 5.99. The first kappa shape index (κ1) is 29.9. The standard InChI is InChI=1S/C28H32ClFN6O5S/c1-4-41-25(37)21-20(14-34-8-9-36-17(12-34)13-35(27(36)40)15-28(2,3)26(38)39)32-23(24-31-7-10-42-24)33-22(21)18-6-5-16(30)11-19(18)29/h5-7,10-11,17,22H,4,8-9,12-15H2,1-3H3,(H,32,33)(H,38,39)/t17-,22-/m0/s1. The summed E-state index contributed by atoms with van der Waals surface area (Å²) in [4.78, 5) is 52.9. The first-order chi connectivity index (χ1) is 20.0. The Morgan fingerprint density at radius 3 is 2.74 bits per heavy atom. The number of ether oxygens (including phenoxy) is 1. The fraction of sp³-hybridized carbons (Fsp3) is 0.464. The van der Waals surface area contributed by atoms with Crippen LogP contribution in [0.25, 0.3) is 0 Å². The van der Waals surface area contributed by atoms with Crippen LogP contribution in [0.1, 0.15) is 37.4 Å². The number of carbonyl (C=O) groups excluding carboxylic acids is 2. The fourth-order valence-electron chi connectivity index (χ4n) is 5.45. The molecule has 14 heteroatoms. The molecule has 0 bridgehead atoms. The van der Waals surface area contributed by atoms with Gasteiger partial charge in [0.25, 0.3) is 0 Å². The van der Waals surface area contributed by atoms with Crippen molar-refractivity contribution in [1.29, 1.82) is 0 Å². The summed E-state index contributed by atoms with van der Waals surface area (Å²) in [6.45, 7) is 7.41. The van der Waals surface area contributed by atoms with Gasteiger partial charge in [-0.05, 0) is 32.9 Å². The van der Waals surface area contributed by atoms with E-state index in [1.807, 2.05) is 5.38 Å². The minimum atomic E-state index is -1.07. The lowest BCUT2D eigenvalue weighted by atomic mass is 9.93. The highest BCUT2D eigenvalue weighted by atomic mass is 35.5. The van der Waals surface area contributed by atoms with Gasteiger partial charge >= 0.3 is 18.0 Å². The molecule has 2 atom stereocenters. The lowest BCUT2D eigenvalue weighted by molar-refractivity contribution is -0.147. The Morgan fingerprint density at radius 1 is 1.29 bits per heavy atom. The predicted molar refractivity (Wildman–Crippen MR) is 155 cm³/mol. The molecular weight excluding hydrogens is 587 g/mol. The minimum Gasteiger partial charge on any atom is -0.481 e. The number of aliphatic carboxylic acids is 1. The maximum Gasteiger partial charge on any atom is 0.338 e. The van der Waals surface area contributed by atoms with Crippen LogP contribution in [0.4, 0.5) is 9.18 Å². The number of carboxylic acids is 1. The average Bonchev–Trinajstić information content (AvgIpc) is 3.57. The van der Waals surface area contributed by atoms with Crippen LogP contribution in [0.3, 0.4) is 0 Å². The molecule has 0 radical (unpaired) electrons. The predicted octanol–water partition coefficient (Wildman–Crippen LogP) is 3.38. The fourth-order valence-corrected chi connectivity index (χ4v) is 6.31. The van der Waals surface area contributed by atoms with Crippen molar-refractivity contribution in [2.75, 3.05) is 45.9 Å². The first-order valence-electron chi connectivity index (χ1n) is 13.6. The normalized spacial score (nSPS) is 21.3. The Balaban J connectivity index is 1.45. The number of nitrogens with zero attached hydrogens (tertiary/aromatic N) is 5. The van der Waals surface area contributed by atoms with Crippen LogP contribution >= 0.6 is 22.9 Å². The third-order valence-electron chi connectivity index (χ3n) is 7.57. The smallest absolute Gasteiger partial charge is 0.338 e. The van der Waals surface area contributed by atoms with Gasteiger partial charge in [-0.15, -0.1) is 11.3 Å². The number of benzene rings is 1. The van der Waals surface area contributed by atoms with Crippen molar-refractivity contribution < 1.29 is 28.6 Å². The monoisotopic (exact) mass is 618 g/mol. The number of rotatable bonds is 9. The number of hydrogen-bond donors (Lipinski definition) is 2. The van der Waals surface area contributed by atoms with Crippen molar-refractivity contribution in [2.45, 2.75) is 32.9 Å². The highest BCUT2D eigenvalue weighted by Crippen LogP contribution is 2.37. The zero-order chi connectivity index (χ0) is 30.2. The summed E-state index contributed by atoms with van der Waals surface area (Å²) < 4.78 is 19.4. The molecule has 2 N–H and O–H groups in total. The maximum atomic E-state index is 14.0. The number of amidine groups is 1. The van der Waals surface area contributed by atoms with E-state index in [2.05, 4.69) is 15.2 Å².